The van der Waals surface area contributed by atoms with E-state index in [1.807, 2.05) is 50.6 Å². The van der Waals surface area contributed by atoms with Gasteiger partial charge in [-0.25, -0.2) is 4.68 Å². The number of amides is 2. The normalized spacial score (nSPS) is 15.0. The van der Waals surface area contributed by atoms with E-state index >= 15 is 0 Å². The van der Waals surface area contributed by atoms with Crippen molar-refractivity contribution in [2.75, 3.05) is 10.2 Å². The molecule has 0 bridgehead atoms. The fourth-order valence-corrected chi connectivity index (χ4v) is 3.43. The molecule has 1 N–H and O–H groups in total. The predicted octanol–water partition coefficient (Wildman–Crippen LogP) is 2.96. The molecule has 0 radical (unpaired) electrons. The van der Waals surface area contributed by atoms with Gasteiger partial charge in [0.2, 0.25) is 11.8 Å². The fourth-order valence-electron chi connectivity index (χ4n) is 3.43. The van der Waals surface area contributed by atoms with Gasteiger partial charge >= 0.3 is 0 Å². The Labute approximate surface area is 147 Å². The van der Waals surface area contributed by atoms with Gasteiger partial charge in [-0.15, -0.1) is 0 Å². The summed E-state index contributed by atoms with van der Waals surface area (Å²) < 4.78 is 1.81. The molecule has 2 heterocycles. The summed E-state index contributed by atoms with van der Waals surface area (Å²) >= 11 is 0. The molecule has 1 aliphatic rings. The average molecular weight is 340 g/mol. The first kappa shape index (κ1) is 17.2. The zero-order chi connectivity index (χ0) is 18.1. The number of hydrogen-bond acceptors (Lipinski definition) is 3. The van der Waals surface area contributed by atoms with E-state index in [4.69, 9.17) is 0 Å². The van der Waals surface area contributed by atoms with Crippen LogP contribution in [0.2, 0.25) is 0 Å². The van der Waals surface area contributed by atoms with Crippen LogP contribution in [0.15, 0.2) is 24.3 Å². The van der Waals surface area contributed by atoms with E-state index in [0.717, 1.165) is 22.5 Å². The van der Waals surface area contributed by atoms with Gasteiger partial charge in [0.1, 0.15) is 11.9 Å². The predicted molar refractivity (Wildman–Crippen MR) is 97.7 cm³/mol. The van der Waals surface area contributed by atoms with E-state index in [0.29, 0.717) is 25.2 Å². The standard InChI is InChI=1S/C19H24N4O2/c1-5-16(19(25)20-15-9-12(2)8-13(3)10-15)23-17-11-14(4)21-22(17)7-6-18(23)24/h8-11,16H,5-7H2,1-4H3,(H,20,25)/t16-/m0/s1. The number of aromatic nitrogens is 2. The van der Waals surface area contributed by atoms with Crippen LogP contribution in [0.3, 0.4) is 0 Å². The second-order valence-electron chi connectivity index (χ2n) is 6.67. The molecule has 0 saturated carbocycles. The Hall–Kier alpha value is -2.63. The summed E-state index contributed by atoms with van der Waals surface area (Å²) in [6.07, 6.45) is 0.897. The topological polar surface area (TPSA) is 67.2 Å². The first-order valence-electron chi connectivity index (χ1n) is 8.64. The van der Waals surface area contributed by atoms with E-state index in [1.54, 1.807) is 4.90 Å². The van der Waals surface area contributed by atoms with Crippen LogP contribution >= 0.6 is 0 Å². The molecule has 1 aliphatic heterocycles. The molecule has 6 nitrogen and oxygen atoms in total. The monoisotopic (exact) mass is 340 g/mol. The van der Waals surface area contributed by atoms with Crippen molar-refractivity contribution in [1.29, 1.82) is 0 Å². The molecular formula is C19H24N4O2. The quantitative estimate of drug-likeness (QED) is 0.930. The van der Waals surface area contributed by atoms with E-state index in [1.165, 1.54) is 0 Å². The van der Waals surface area contributed by atoms with Gasteiger partial charge in [0.15, 0.2) is 0 Å². The van der Waals surface area contributed by atoms with Crippen LogP contribution in [0.5, 0.6) is 0 Å². The second-order valence-corrected chi connectivity index (χ2v) is 6.67. The summed E-state index contributed by atoms with van der Waals surface area (Å²) in [5.41, 5.74) is 3.78. The van der Waals surface area contributed by atoms with Gasteiger partial charge < -0.3 is 5.32 Å². The van der Waals surface area contributed by atoms with E-state index in [2.05, 4.69) is 16.5 Å². The molecule has 0 fully saturated rings. The van der Waals surface area contributed by atoms with Crippen LogP contribution in [0.4, 0.5) is 11.5 Å². The maximum Gasteiger partial charge on any atom is 0.247 e. The number of carbonyl (C=O) groups excluding carboxylic acids is 2. The smallest absolute Gasteiger partial charge is 0.247 e. The maximum absolute atomic E-state index is 12.9. The number of carbonyl (C=O) groups is 2. The Bertz CT molecular complexity index is 805. The van der Waals surface area contributed by atoms with Crippen LogP contribution in [0, 0.1) is 20.8 Å². The zero-order valence-corrected chi connectivity index (χ0v) is 15.2. The number of nitrogens with zero attached hydrogens (tertiary/aromatic N) is 3. The maximum atomic E-state index is 12.9. The summed E-state index contributed by atoms with van der Waals surface area (Å²) in [4.78, 5) is 27.0. The molecule has 1 aromatic carbocycles. The minimum atomic E-state index is -0.552. The number of nitrogens with one attached hydrogen (secondary N) is 1. The molecule has 1 aromatic heterocycles. The van der Waals surface area contributed by atoms with Crippen molar-refractivity contribution in [2.45, 2.75) is 53.1 Å². The molecule has 0 unspecified atom stereocenters. The lowest BCUT2D eigenvalue weighted by Gasteiger charge is -2.33. The molecule has 0 aliphatic carbocycles. The highest BCUT2D eigenvalue weighted by Crippen LogP contribution is 2.26. The Morgan fingerprint density at radius 3 is 2.52 bits per heavy atom. The molecule has 6 heteroatoms. The molecule has 132 valence electrons. The number of benzene rings is 1. The second kappa shape index (κ2) is 6.70. The van der Waals surface area contributed by atoms with Gasteiger partial charge in [-0.05, 0) is 50.5 Å². The van der Waals surface area contributed by atoms with E-state index in [9.17, 15) is 9.59 Å². The van der Waals surface area contributed by atoms with Crippen molar-refractivity contribution >= 4 is 23.3 Å². The SMILES string of the molecule is CC[C@@H](C(=O)Nc1cc(C)cc(C)c1)N1C(=O)CCn2nc(C)cc21. The summed E-state index contributed by atoms with van der Waals surface area (Å²) in [5.74, 6) is 0.499. The van der Waals surface area contributed by atoms with Gasteiger partial charge in [0.25, 0.3) is 0 Å². The van der Waals surface area contributed by atoms with Crippen molar-refractivity contribution in [3.63, 3.8) is 0 Å². The number of fused-ring (bicyclic) bond motifs is 1. The van der Waals surface area contributed by atoms with Crippen molar-refractivity contribution in [3.8, 4) is 0 Å². The molecule has 0 saturated heterocycles. The minimum absolute atomic E-state index is 0.0326. The lowest BCUT2D eigenvalue weighted by molar-refractivity contribution is -0.124. The van der Waals surface area contributed by atoms with Crippen molar-refractivity contribution < 1.29 is 9.59 Å². The van der Waals surface area contributed by atoms with Gasteiger partial charge in [0.05, 0.1) is 12.2 Å². The molecule has 3 rings (SSSR count). The van der Waals surface area contributed by atoms with E-state index in [-0.39, 0.29) is 11.8 Å². The summed E-state index contributed by atoms with van der Waals surface area (Å²) in [6.45, 7) is 8.37. The van der Waals surface area contributed by atoms with Crippen LogP contribution in [0.1, 0.15) is 36.6 Å². The Balaban J connectivity index is 1.88. The third-order valence-corrected chi connectivity index (χ3v) is 4.42. The van der Waals surface area contributed by atoms with Crippen LogP contribution < -0.4 is 10.2 Å². The van der Waals surface area contributed by atoms with Crippen molar-refractivity contribution in [2.24, 2.45) is 0 Å². The molecule has 1 atom stereocenters. The molecule has 0 spiro atoms. The highest BCUT2D eigenvalue weighted by molar-refractivity contribution is 6.05. The highest BCUT2D eigenvalue weighted by Gasteiger charge is 2.34. The summed E-state index contributed by atoms with van der Waals surface area (Å²) in [7, 11) is 0. The van der Waals surface area contributed by atoms with Gasteiger partial charge in [-0.3, -0.25) is 14.5 Å². The van der Waals surface area contributed by atoms with Gasteiger partial charge in [0, 0.05) is 18.2 Å². The minimum Gasteiger partial charge on any atom is -0.324 e. The van der Waals surface area contributed by atoms with Crippen molar-refractivity contribution in [3.05, 3.63) is 41.1 Å². The molecule has 2 amide bonds. The summed E-state index contributed by atoms with van der Waals surface area (Å²) in [6, 6.07) is 7.24. The first-order valence-corrected chi connectivity index (χ1v) is 8.64. The summed E-state index contributed by atoms with van der Waals surface area (Å²) in [5, 5.41) is 7.38. The van der Waals surface area contributed by atoms with Gasteiger partial charge in [-0.2, -0.15) is 5.10 Å². The Morgan fingerprint density at radius 1 is 1.20 bits per heavy atom. The number of rotatable bonds is 4. The molecule has 2 aromatic rings. The number of aryl methyl sites for hydroxylation is 4. The van der Waals surface area contributed by atoms with Gasteiger partial charge in [-0.1, -0.05) is 13.0 Å². The van der Waals surface area contributed by atoms with Crippen LogP contribution in [-0.2, 0) is 16.1 Å². The largest absolute Gasteiger partial charge is 0.324 e. The number of hydrogen-bond donors (Lipinski definition) is 1. The Morgan fingerprint density at radius 2 is 1.88 bits per heavy atom. The first-order chi connectivity index (χ1) is 11.9. The molecule has 25 heavy (non-hydrogen) atoms. The highest BCUT2D eigenvalue weighted by atomic mass is 16.2. The zero-order valence-electron chi connectivity index (χ0n) is 15.2. The number of anilines is 2. The Kier molecular flexibility index (Phi) is 4.61. The third-order valence-electron chi connectivity index (χ3n) is 4.42. The van der Waals surface area contributed by atoms with Crippen LogP contribution in [0.25, 0.3) is 0 Å². The van der Waals surface area contributed by atoms with Crippen LogP contribution in [-0.4, -0.2) is 27.6 Å². The third kappa shape index (κ3) is 3.43. The van der Waals surface area contributed by atoms with Crippen molar-refractivity contribution in [1.82, 2.24) is 9.78 Å². The van der Waals surface area contributed by atoms with E-state index < -0.39 is 6.04 Å². The lowest BCUT2D eigenvalue weighted by Crippen LogP contribution is -2.50. The fraction of sp³-hybridized carbons (Fsp3) is 0.421. The molecular weight excluding hydrogens is 316 g/mol. The lowest BCUT2D eigenvalue weighted by atomic mass is 10.1. The average Bonchev–Trinajstić information content (AvgIpc) is 2.89.